The standard InChI is InChI=1S/C27H30ClN5O5/c1-32(2)27(35)21-5-4-9-33(21)13-17(34)14-38-23-12-20-18(11-22(23)36-3)26(30-15-29-20)31-24-19(28)7-6-16-8-10-37-25(16)24/h6-8,10-12,15,17,21,34H,4-5,9,13-14H2,1-3H3,(H,29,30,31). The molecule has 1 aliphatic rings. The van der Waals surface area contributed by atoms with Crippen LogP contribution in [0, 0.1) is 0 Å². The number of methoxy groups -OCH3 is 1. The fourth-order valence-electron chi connectivity index (χ4n) is 4.81. The second kappa shape index (κ2) is 11.0. The first-order valence-electron chi connectivity index (χ1n) is 12.4. The number of β-amino-alcohol motifs (C(OH)–C–C–N with tert-alkyl or cyclic N) is 1. The number of hydrogen-bond acceptors (Lipinski definition) is 9. The number of likely N-dealkylation sites (tertiary alicyclic amines) is 1. The summed E-state index contributed by atoms with van der Waals surface area (Å²) in [5, 5.41) is 16.1. The number of hydrogen-bond donors (Lipinski definition) is 2. The first kappa shape index (κ1) is 26.0. The number of fused-ring (bicyclic) bond motifs is 2. The van der Waals surface area contributed by atoms with Crippen molar-refractivity contribution in [2.24, 2.45) is 0 Å². The van der Waals surface area contributed by atoms with Gasteiger partial charge in [0.2, 0.25) is 5.91 Å². The maximum Gasteiger partial charge on any atom is 0.239 e. The highest BCUT2D eigenvalue weighted by molar-refractivity contribution is 6.35. The molecule has 38 heavy (non-hydrogen) atoms. The van der Waals surface area contributed by atoms with Crippen molar-refractivity contribution in [2.45, 2.75) is 25.0 Å². The Morgan fingerprint density at radius 3 is 2.92 bits per heavy atom. The molecule has 200 valence electrons. The Kier molecular flexibility index (Phi) is 7.55. The van der Waals surface area contributed by atoms with E-state index in [1.807, 2.05) is 17.0 Å². The van der Waals surface area contributed by atoms with Crippen molar-refractivity contribution in [2.75, 3.05) is 46.2 Å². The molecule has 2 N–H and O–H groups in total. The predicted octanol–water partition coefficient (Wildman–Crippen LogP) is 4.07. The normalized spacial score (nSPS) is 16.6. The second-order valence-corrected chi connectivity index (χ2v) is 9.89. The number of carbonyl (C=O) groups is 1. The molecule has 0 aliphatic carbocycles. The van der Waals surface area contributed by atoms with Crippen molar-refractivity contribution >= 4 is 50.9 Å². The molecule has 0 bridgehead atoms. The van der Waals surface area contributed by atoms with Gasteiger partial charge in [0.15, 0.2) is 17.1 Å². The van der Waals surface area contributed by atoms with Crippen LogP contribution < -0.4 is 14.8 Å². The van der Waals surface area contributed by atoms with Crippen molar-refractivity contribution in [3.63, 3.8) is 0 Å². The molecule has 3 heterocycles. The van der Waals surface area contributed by atoms with E-state index >= 15 is 0 Å². The van der Waals surface area contributed by atoms with Gasteiger partial charge >= 0.3 is 0 Å². The van der Waals surface area contributed by atoms with Gasteiger partial charge < -0.3 is 29.2 Å². The third-order valence-electron chi connectivity index (χ3n) is 6.70. The number of aliphatic hydroxyl groups excluding tert-OH is 1. The summed E-state index contributed by atoms with van der Waals surface area (Å²) in [6.45, 7) is 1.14. The van der Waals surface area contributed by atoms with E-state index in [9.17, 15) is 9.90 Å². The number of carbonyl (C=O) groups excluding carboxylic acids is 1. The molecule has 1 fully saturated rings. The minimum Gasteiger partial charge on any atom is -0.493 e. The largest absolute Gasteiger partial charge is 0.493 e. The van der Waals surface area contributed by atoms with Crippen molar-refractivity contribution in [1.82, 2.24) is 19.8 Å². The number of aliphatic hydroxyl groups is 1. The van der Waals surface area contributed by atoms with Crippen molar-refractivity contribution in [3.8, 4) is 11.5 Å². The van der Waals surface area contributed by atoms with Gasteiger partial charge in [-0.25, -0.2) is 9.97 Å². The zero-order valence-corrected chi connectivity index (χ0v) is 22.2. The molecule has 0 saturated carbocycles. The number of furan rings is 1. The highest BCUT2D eigenvalue weighted by Gasteiger charge is 2.32. The number of ether oxygens (including phenoxy) is 2. The lowest BCUT2D eigenvalue weighted by molar-refractivity contribution is -0.133. The van der Waals surface area contributed by atoms with Crippen LogP contribution >= 0.6 is 11.6 Å². The van der Waals surface area contributed by atoms with Gasteiger partial charge in [0.25, 0.3) is 0 Å². The Morgan fingerprint density at radius 1 is 1.29 bits per heavy atom. The van der Waals surface area contributed by atoms with E-state index in [1.165, 1.54) is 6.33 Å². The Hall–Kier alpha value is -3.60. The zero-order valence-electron chi connectivity index (χ0n) is 21.5. The van der Waals surface area contributed by atoms with Crippen LogP contribution in [0.25, 0.3) is 21.9 Å². The average Bonchev–Trinajstić information content (AvgIpc) is 3.58. The van der Waals surface area contributed by atoms with Gasteiger partial charge in [0, 0.05) is 37.5 Å². The van der Waals surface area contributed by atoms with Crippen LogP contribution in [0.5, 0.6) is 11.5 Å². The summed E-state index contributed by atoms with van der Waals surface area (Å²) >= 11 is 6.46. The molecule has 1 amide bonds. The number of likely N-dealkylation sites (N-methyl/N-ethyl adjacent to an activating group) is 1. The monoisotopic (exact) mass is 539 g/mol. The van der Waals surface area contributed by atoms with E-state index in [-0.39, 0.29) is 18.6 Å². The lowest BCUT2D eigenvalue weighted by Gasteiger charge is -2.28. The molecule has 2 aromatic heterocycles. The maximum absolute atomic E-state index is 12.5. The van der Waals surface area contributed by atoms with Crippen molar-refractivity contribution < 1.29 is 23.8 Å². The molecule has 4 aromatic rings. The van der Waals surface area contributed by atoms with E-state index in [1.54, 1.807) is 50.6 Å². The Morgan fingerprint density at radius 2 is 2.13 bits per heavy atom. The summed E-state index contributed by atoms with van der Waals surface area (Å²) in [6.07, 6.45) is 3.98. The van der Waals surface area contributed by atoms with Crippen LogP contribution in [0.3, 0.4) is 0 Å². The predicted molar refractivity (Wildman–Crippen MR) is 145 cm³/mol. The lowest BCUT2D eigenvalue weighted by Crippen LogP contribution is -2.46. The van der Waals surface area contributed by atoms with Gasteiger partial charge in [-0.05, 0) is 43.7 Å². The number of nitrogens with one attached hydrogen (secondary N) is 1. The molecule has 0 radical (unpaired) electrons. The molecular formula is C27H30ClN5O5. The van der Waals surface area contributed by atoms with Gasteiger partial charge in [-0.2, -0.15) is 0 Å². The highest BCUT2D eigenvalue weighted by atomic mass is 35.5. The molecule has 1 saturated heterocycles. The molecule has 1 aliphatic heterocycles. The van der Waals surface area contributed by atoms with Crippen LogP contribution in [-0.4, -0.2) is 83.8 Å². The van der Waals surface area contributed by atoms with Gasteiger partial charge in [0.1, 0.15) is 30.5 Å². The minimum absolute atomic E-state index is 0.0352. The summed E-state index contributed by atoms with van der Waals surface area (Å²) in [5.74, 6) is 1.49. The van der Waals surface area contributed by atoms with E-state index in [0.29, 0.717) is 51.1 Å². The molecule has 10 nitrogen and oxygen atoms in total. The highest BCUT2D eigenvalue weighted by Crippen LogP contribution is 2.38. The van der Waals surface area contributed by atoms with E-state index < -0.39 is 6.10 Å². The summed E-state index contributed by atoms with van der Waals surface area (Å²) in [4.78, 5) is 24.9. The maximum atomic E-state index is 12.5. The number of amides is 1. The van der Waals surface area contributed by atoms with Crippen LogP contribution in [0.1, 0.15) is 12.8 Å². The van der Waals surface area contributed by atoms with Gasteiger partial charge in [-0.1, -0.05) is 11.6 Å². The molecule has 2 aromatic carbocycles. The summed E-state index contributed by atoms with van der Waals surface area (Å²) < 4.78 is 17.2. The number of halogens is 1. The number of rotatable bonds is 9. The van der Waals surface area contributed by atoms with Crippen molar-refractivity contribution in [1.29, 1.82) is 0 Å². The molecule has 11 heteroatoms. The van der Waals surface area contributed by atoms with E-state index in [4.69, 9.17) is 25.5 Å². The first-order chi connectivity index (χ1) is 18.4. The Balaban J connectivity index is 1.34. The quantitative estimate of drug-likeness (QED) is 0.325. The Labute approximate surface area is 225 Å². The topological polar surface area (TPSA) is 113 Å². The summed E-state index contributed by atoms with van der Waals surface area (Å²) in [5.41, 5.74) is 1.84. The van der Waals surface area contributed by atoms with Crippen LogP contribution in [0.4, 0.5) is 11.5 Å². The van der Waals surface area contributed by atoms with Crippen LogP contribution in [0.15, 0.2) is 47.3 Å². The zero-order chi connectivity index (χ0) is 26.8. The molecule has 2 atom stereocenters. The second-order valence-electron chi connectivity index (χ2n) is 9.48. The molecule has 2 unspecified atom stereocenters. The van der Waals surface area contributed by atoms with Crippen LogP contribution in [-0.2, 0) is 4.79 Å². The lowest BCUT2D eigenvalue weighted by atomic mass is 10.2. The van der Waals surface area contributed by atoms with Gasteiger partial charge in [0.05, 0.1) is 30.0 Å². The number of nitrogens with zero attached hydrogens (tertiary/aromatic N) is 4. The summed E-state index contributed by atoms with van der Waals surface area (Å²) in [7, 11) is 5.05. The third-order valence-corrected chi connectivity index (χ3v) is 7.02. The summed E-state index contributed by atoms with van der Waals surface area (Å²) in [6, 6.07) is 8.86. The van der Waals surface area contributed by atoms with E-state index in [0.717, 1.165) is 24.8 Å². The number of aromatic nitrogens is 2. The minimum atomic E-state index is -0.787. The van der Waals surface area contributed by atoms with Gasteiger partial charge in [-0.15, -0.1) is 0 Å². The molecule has 0 spiro atoms. The first-order valence-corrected chi connectivity index (χ1v) is 12.7. The molecular weight excluding hydrogens is 510 g/mol. The fourth-order valence-corrected chi connectivity index (χ4v) is 5.01. The number of benzene rings is 2. The Bertz CT molecular complexity index is 1460. The number of anilines is 2. The van der Waals surface area contributed by atoms with E-state index in [2.05, 4.69) is 15.3 Å². The van der Waals surface area contributed by atoms with Crippen LogP contribution in [0.2, 0.25) is 5.02 Å². The smallest absolute Gasteiger partial charge is 0.239 e. The van der Waals surface area contributed by atoms with Gasteiger partial charge in [-0.3, -0.25) is 9.69 Å². The van der Waals surface area contributed by atoms with Crippen molar-refractivity contribution in [3.05, 3.63) is 47.9 Å². The third kappa shape index (κ3) is 5.20. The fraction of sp³-hybridized carbons (Fsp3) is 0.370. The molecule has 5 rings (SSSR count). The average molecular weight is 540 g/mol. The SMILES string of the molecule is COc1cc2c(Nc3c(Cl)ccc4ccoc34)ncnc2cc1OCC(O)CN1CCCC1C(=O)N(C)C.